The van der Waals surface area contributed by atoms with E-state index >= 15 is 0 Å². The molecule has 1 fully saturated rings. The number of carbonyl (C=O) groups is 1. The summed E-state index contributed by atoms with van der Waals surface area (Å²) < 4.78 is 28.6. The molecule has 0 aliphatic heterocycles. The molecule has 2 aromatic rings. The first-order chi connectivity index (χ1) is 16.1. The molecule has 0 aromatic heterocycles. The first-order valence-corrected chi connectivity index (χ1v) is 12.9. The first kappa shape index (κ1) is 24.5. The van der Waals surface area contributed by atoms with Crippen molar-refractivity contribution in [3.05, 3.63) is 82.9 Å². The molecule has 0 radical (unpaired) electrons. The van der Waals surface area contributed by atoms with Crippen LogP contribution >= 0.6 is 23.2 Å². The van der Waals surface area contributed by atoms with E-state index < -0.39 is 33.0 Å². The van der Waals surface area contributed by atoms with Crippen molar-refractivity contribution in [2.24, 2.45) is 0 Å². The van der Waals surface area contributed by atoms with Gasteiger partial charge in [-0.15, -0.1) is 11.6 Å². The molecule has 1 unspecified atom stereocenters. The molecule has 9 heteroatoms. The topological polar surface area (TPSA) is 98.5 Å². The van der Waals surface area contributed by atoms with Gasteiger partial charge in [0.15, 0.2) is 0 Å². The summed E-state index contributed by atoms with van der Waals surface area (Å²) in [5.74, 6) is -1.28. The zero-order valence-corrected chi connectivity index (χ0v) is 20.4. The third kappa shape index (κ3) is 4.27. The van der Waals surface area contributed by atoms with E-state index in [1.807, 2.05) is 36.4 Å². The molecule has 0 bridgehead atoms. The minimum Gasteiger partial charge on any atom is -0.480 e. The van der Waals surface area contributed by atoms with Crippen molar-refractivity contribution in [2.75, 3.05) is 6.54 Å². The minimum absolute atomic E-state index is 0.0935. The molecule has 0 spiro atoms. The van der Waals surface area contributed by atoms with Gasteiger partial charge in [-0.25, -0.2) is 8.42 Å². The summed E-state index contributed by atoms with van der Waals surface area (Å²) in [6.45, 7) is -0.743. The number of rotatable bonds is 7. The highest BCUT2D eigenvalue weighted by atomic mass is 35.5. The van der Waals surface area contributed by atoms with Crippen LogP contribution in [0.25, 0.3) is 5.57 Å². The number of aliphatic carboxylic acids is 1. The maximum Gasteiger partial charge on any atom is 0.318 e. The summed E-state index contributed by atoms with van der Waals surface area (Å²) >= 11 is 13.7. The van der Waals surface area contributed by atoms with Gasteiger partial charge in [-0.05, 0) is 73.2 Å². The number of benzene rings is 2. The van der Waals surface area contributed by atoms with Crippen molar-refractivity contribution in [3.63, 3.8) is 0 Å². The number of allylic oxidation sites excluding steroid dienone is 3. The molecule has 2 aliphatic rings. The van der Waals surface area contributed by atoms with Crippen molar-refractivity contribution >= 4 is 44.8 Å². The number of carboxylic acids is 1. The van der Waals surface area contributed by atoms with E-state index in [-0.39, 0.29) is 11.3 Å². The third-order valence-corrected chi connectivity index (χ3v) is 9.29. The zero-order chi connectivity index (χ0) is 24.6. The van der Waals surface area contributed by atoms with E-state index in [4.69, 9.17) is 28.5 Å². The van der Waals surface area contributed by atoms with Crippen molar-refractivity contribution in [1.29, 1.82) is 5.26 Å². The number of hydrogen-bond donors (Lipinski definition) is 1. The molecular weight excluding hydrogens is 495 g/mol. The summed E-state index contributed by atoms with van der Waals surface area (Å²) in [5.41, 5.74) is 0.873. The number of nitrogens with zero attached hydrogens (tertiary/aromatic N) is 2. The SMILES string of the molecule is N#Cc1ccc(S(=O)(=O)N(CC(=O)O)C2(C3(Cl)C=C(Cl)C=C(c4ccccc4)C3)CCC2)cc1. The predicted octanol–water partition coefficient (Wildman–Crippen LogP) is 5.14. The molecule has 2 aliphatic carbocycles. The monoisotopic (exact) mass is 516 g/mol. The lowest BCUT2D eigenvalue weighted by Crippen LogP contribution is -2.67. The zero-order valence-electron chi connectivity index (χ0n) is 18.1. The second kappa shape index (κ2) is 9.20. The molecule has 34 heavy (non-hydrogen) atoms. The first-order valence-electron chi connectivity index (χ1n) is 10.7. The van der Waals surface area contributed by atoms with Gasteiger partial charge in [0, 0.05) is 5.03 Å². The van der Waals surface area contributed by atoms with Crippen LogP contribution in [0.3, 0.4) is 0 Å². The van der Waals surface area contributed by atoms with Gasteiger partial charge in [0.1, 0.15) is 6.54 Å². The highest BCUT2D eigenvalue weighted by Crippen LogP contribution is 2.56. The Kier molecular flexibility index (Phi) is 6.63. The summed E-state index contributed by atoms with van der Waals surface area (Å²) in [6, 6.07) is 16.9. The van der Waals surface area contributed by atoms with Gasteiger partial charge < -0.3 is 5.11 Å². The third-order valence-electron chi connectivity index (χ3n) is 6.55. The lowest BCUT2D eigenvalue weighted by molar-refractivity contribution is -0.139. The Morgan fingerprint density at radius 1 is 1.12 bits per heavy atom. The summed E-state index contributed by atoms with van der Waals surface area (Å²) in [6.07, 6.45) is 5.21. The van der Waals surface area contributed by atoms with Crippen LogP contribution in [0.1, 0.15) is 36.8 Å². The van der Waals surface area contributed by atoms with E-state index in [9.17, 15) is 18.3 Å². The lowest BCUT2D eigenvalue weighted by atomic mass is 9.64. The van der Waals surface area contributed by atoms with Gasteiger partial charge in [-0.1, -0.05) is 41.9 Å². The molecule has 0 amide bonds. The minimum atomic E-state index is -4.26. The smallest absolute Gasteiger partial charge is 0.318 e. The standard InChI is InChI=1S/C25H22Cl2N2O4S/c26-21-13-20(19-5-2-1-3-6-19)14-24(27,15-21)25(11-4-12-25)29(17-23(30)31)34(32,33)22-9-7-18(16-28)8-10-22/h1-3,5-10,13,15H,4,11-12,14,17H2,(H,30,31). The normalized spacial score (nSPS) is 21.7. The van der Waals surface area contributed by atoms with Gasteiger partial charge in [-0.3, -0.25) is 4.79 Å². The quantitative estimate of drug-likeness (QED) is 0.513. The molecule has 2 aromatic carbocycles. The molecular formula is C25H22Cl2N2O4S. The molecule has 1 atom stereocenters. The molecule has 176 valence electrons. The molecule has 0 heterocycles. The van der Waals surface area contributed by atoms with E-state index in [0.29, 0.717) is 29.9 Å². The van der Waals surface area contributed by atoms with Gasteiger partial charge in [0.2, 0.25) is 10.0 Å². The number of nitriles is 1. The average molecular weight is 517 g/mol. The largest absolute Gasteiger partial charge is 0.480 e. The second-order valence-electron chi connectivity index (χ2n) is 8.53. The van der Waals surface area contributed by atoms with Crippen LogP contribution in [0, 0.1) is 11.3 Å². The second-order valence-corrected chi connectivity index (χ2v) is 11.5. The Bertz CT molecular complexity index is 1310. The number of hydrogen-bond acceptors (Lipinski definition) is 4. The Labute approximate surface area is 208 Å². The Morgan fingerprint density at radius 2 is 1.76 bits per heavy atom. The maximum absolute atomic E-state index is 13.8. The molecule has 4 rings (SSSR count). The highest BCUT2D eigenvalue weighted by molar-refractivity contribution is 7.89. The highest BCUT2D eigenvalue weighted by Gasteiger charge is 2.61. The van der Waals surface area contributed by atoms with Crippen LogP contribution in [-0.4, -0.2) is 40.8 Å². The van der Waals surface area contributed by atoms with Gasteiger partial charge in [0.05, 0.1) is 26.9 Å². The number of sulfonamides is 1. The summed E-state index contributed by atoms with van der Waals surface area (Å²) in [4.78, 5) is 10.5. The van der Waals surface area contributed by atoms with Gasteiger partial charge >= 0.3 is 5.97 Å². The van der Waals surface area contributed by atoms with Crippen LogP contribution in [0.5, 0.6) is 0 Å². The van der Waals surface area contributed by atoms with Gasteiger partial charge in [-0.2, -0.15) is 9.57 Å². The van der Waals surface area contributed by atoms with E-state index in [1.54, 1.807) is 12.2 Å². The van der Waals surface area contributed by atoms with Crippen LogP contribution in [0.4, 0.5) is 0 Å². The molecule has 1 saturated carbocycles. The molecule has 6 nitrogen and oxygen atoms in total. The fourth-order valence-corrected chi connectivity index (χ4v) is 7.54. The summed E-state index contributed by atoms with van der Waals surface area (Å²) in [7, 11) is -4.26. The molecule has 1 N–H and O–H groups in total. The van der Waals surface area contributed by atoms with Crippen LogP contribution < -0.4 is 0 Å². The number of carboxylic acid groups (broad SMARTS) is 1. The van der Waals surface area contributed by atoms with E-state index in [2.05, 4.69) is 0 Å². The van der Waals surface area contributed by atoms with Gasteiger partial charge in [0.25, 0.3) is 0 Å². The van der Waals surface area contributed by atoms with Crippen LogP contribution in [0.2, 0.25) is 0 Å². The Balaban J connectivity index is 1.81. The average Bonchev–Trinajstić information content (AvgIpc) is 2.77. The van der Waals surface area contributed by atoms with Crippen molar-refractivity contribution in [1.82, 2.24) is 4.31 Å². The van der Waals surface area contributed by atoms with Crippen molar-refractivity contribution in [3.8, 4) is 6.07 Å². The maximum atomic E-state index is 13.8. The fraction of sp³-hybridized carbons (Fsp3) is 0.280. The Hall–Kier alpha value is -2.63. The van der Waals surface area contributed by atoms with Crippen LogP contribution in [0.15, 0.2) is 76.7 Å². The fourth-order valence-electron chi connectivity index (χ4n) is 4.74. The lowest BCUT2D eigenvalue weighted by Gasteiger charge is -2.57. The predicted molar refractivity (Wildman–Crippen MR) is 131 cm³/mol. The van der Waals surface area contributed by atoms with E-state index in [0.717, 1.165) is 15.4 Å². The number of alkyl halides is 1. The number of halogens is 2. The van der Waals surface area contributed by atoms with Crippen molar-refractivity contribution < 1.29 is 18.3 Å². The van der Waals surface area contributed by atoms with E-state index in [1.165, 1.54) is 24.3 Å². The Morgan fingerprint density at radius 3 is 2.29 bits per heavy atom. The van der Waals surface area contributed by atoms with Crippen molar-refractivity contribution in [2.45, 2.75) is 41.0 Å². The molecule has 0 saturated heterocycles. The van der Waals surface area contributed by atoms with Crippen LogP contribution in [-0.2, 0) is 14.8 Å². The summed E-state index contributed by atoms with van der Waals surface area (Å²) in [5, 5.41) is 19.1.